The molecule has 2 aromatic rings. The first-order valence-electron chi connectivity index (χ1n) is 6.21. The normalized spacial score (nSPS) is 15.4. The van der Waals surface area contributed by atoms with E-state index >= 15 is 0 Å². The summed E-state index contributed by atoms with van der Waals surface area (Å²) in [6, 6.07) is 3.14. The lowest BCUT2D eigenvalue weighted by atomic mass is 9.98. The third-order valence-electron chi connectivity index (χ3n) is 3.64. The van der Waals surface area contributed by atoms with Crippen molar-refractivity contribution in [2.45, 2.75) is 19.8 Å². The van der Waals surface area contributed by atoms with E-state index in [-0.39, 0.29) is 11.5 Å². The molecular weight excluding hydrogens is 228 g/mol. The minimum Gasteiger partial charge on any atom is -0.504 e. The molecule has 4 nitrogen and oxygen atoms in total. The van der Waals surface area contributed by atoms with Crippen LogP contribution in [0, 0.1) is 6.92 Å². The standard InChI is InChI=1S/C14H16N2O2/c1-8-9-2-4-15-5-3-11(9)16-12-7-14(18)13(17)6-10(8)12/h6-7,15,17-18H,2-5H2,1H3. The van der Waals surface area contributed by atoms with E-state index in [2.05, 4.69) is 17.2 Å². The summed E-state index contributed by atoms with van der Waals surface area (Å²) in [5.41, 5.74) is 4.30. The first kappa shape index (κ1) is 11.3. The maximum absolute atomic E-state index is 9.61. The van der Waals surface area contributed by atoms with Crippen molar-refractivity contribution in [3.63, 3.8) is 0 Å². The van der Waals surface area contributed by atoms with Crippen molar-refractivity contribution in [1.82, 2.24) is 10.3 Å². The van der Waals surface area contributed by atoms with Crippen LogP contribution in [-0.4, -0.2) is 28.3 Å². The topological polar surface area (TPSA) is 65.4 Å². The fourth-order valence-corrected chi connectivity index (χ4v) is 2.63. The largest absolute Gasteiger partial charge is 0.504 e. The average molecular weight is 244 g/mol. The lowest BCUT2D eigenvalue weighted by Crippen LogP contribution is -2.16. The molecule has 0 saturated carbocycles. The molecule has 2 heterocycles. The number of nitrogens with one attached hydrogen (secondary N) is 1. The predicted molar refractivity (Wildman–Crippen MR) is 70.1 cm³/mol. The number of fused-ring (bicyclic) bond motifs is 2. The molecule has 0 fully saturated rings. The number of rotatable bonds is 0. The maximum Gasteiger partial charge on any atom is 0.159 e. The molecule has 0 saturated heterocycles. The van der Waals surface area contributed by atoms with Crippen molar-refractivity contribution in [3.05, 3.63) is 29.0 Å². The second-order valence-electron chi connectivity index (χ2n) is 4.77. The maximum atomic E-state index is 9.61. The first-order chi connectivity index (χ1) is 8.66. The van der Waals surface area contributed by atoms with E-state index in [1.807, 2.05) is 0 Å². The number of pyridine rings is 1. The number of nitrogens with zero attached hydrogens (tertiary/aromatic N) is 1. The summed E-state index contributed by atoms with van der Waals surface area (Å²) in [4.78, 5) is 4.63. The zero-order chi connectivity index (χ0) is 12.7. The van der Waals surface area contributed by atoms with Crippen LogP contribution in [-0.2, 0) is 12.8 Å². The van der Waals surface area contributed by atoms with Gasteiger partial charge in [-0.25, -0.2) is 0 Å². The zero-order valence-corrected chi connectivity index (χ0v) is 10.3. The number of benzene rings is 1. The van der Waals surface area contributed by atoms with Gasteiger partial charge in [0.05, 0.1) is 5.52 Å². The first-order valence-corrected chi connectivity index (χ1v) is 6.21. The summed E-state index contributed by atoms with van der Waals surface area (Å²) in [6.07, 6.45) is 1.87. The Bertz CT molecular complexity index is 623. The van der Waals surface area contributed by atoms with Crippen LogP contribution in [0.1, 0.15) is 16.8 Å². The number of aryl methyl sites for hydroxylation is 1. The van der Waals surface area contributed by atoms with Gasteiger partial charge in [-0.3, -0.25) is 4.98 Å². The quantitative estimate of drug-likeness (QED) is 0.616. The zero-order valence-electron chi connectivity index (χ0n) is 10.3. The van der Waals surface area contributed by atoms with E-state index in [1.165, 1.54) is 11.6 Å². The van der Waals surface area contributed by atoms with Gasteiger partial charge in [0.25, 0.3) is 0 Å². The molecule has 0 aliphatic carbocycles. The third-order valence-corrected chi connectivity index (χ3v) is 3.64. The van der Waals surface area contributed by atoms with Gasteiger partial charge in [-0.1, -0.05) is 0 Å². The van der Waals surface area contributed by atoms with Crippen molar-refractivity contribution in [1.29, 1.82) is 0 Å². The molecule has 94 valence electrons. The van der Waals surface area contributed by atoms with E-state index in [4.69, 9.17) is 0 Å². The Morgan fingerprint density at radius 2 is 1.83 bits per heavy atom. The van der Waals surface area contributed by atoms with Crippen molar-refractivity contribution in [2.24, 2.45) is 0 Å². The summed E-state index contributed by atoms with van der Waals surface area (Å²) in [5, 5.41) is 23.5. The second-order valence-corrected chi connectivity index (χ2v) is 4.77. The van der Waals surface area contributed by atoms with E-state index in [1.54, 1.807) is 6.07 Å². The fraction of sp³-hybridized carbons (Fsp3) is 0.357. The summed E-state index contributed by atoms with van der Waals surface area (Å²) in [5.74, 6) is -0.194. The summed E-state index contributed by atoms with van der Waals surface area (Å²) in [7, 11) is 0. The SMILES string of the molecule is Cc1c2c(nc3cc(O)c(O)cc13)CCNCC2. The van der Waals surface area contributed by atoms with Gasteiger partial charge in [0.2, 0.25) is 0 Å². The van der Waals surface area contributed by atoms with Gasteiger partial charge >= 0.3 is 0 Å². The molecule has 0 amide bonds. The number of phenols is 2. The van der Waals surface area contributed by atoms with Gasteiger partial charge < -0.3 is 15.5 Å². The number of hydrogen-bond donors (Lipinski definition) is 3. The molecule has 0 spiro atoms. The lowest BCUT2D eigenvalue weighted by Gasteiger charge is -2.12. The molecule has 3 N–H and O–H groups in total. The van der Waals surface area contributed by atoms with Crippen LogP contribution in [0.25, 0.3) is 10.9 Å². The highest BCUT2D eigenvalue weighted by Gasteiger charge is 2.15. The number of phenolic OH excluding ortho intramolecular Hbond substituents is 2. The summed E-state index contributed by atoms with van der Waals surface area (Å²) < 4.78 is 0. The molecule has 0 atom stereocenters. The van der Waals surface area contributed by atoms with Gasteiger partial charge in [-0.15, -0.1) is 0 Å². The second kappa shape index (κ2) is 4.14. The van der Waals surface area contributed by atoms with E-state index in [0.29, 0.717) is 0 Å². The van der Waals surface area contributed by atoms with E-state index < -0.39 is 0 Å². The minimum atomic E-state index is -0.110. The monoisotopic (exact) mass is 244 g/mol. The molecule has 0 radical (unpaired) electrons. The number of hydrogen-bond acceptors (Lipinski definition) is 4. The molecular formula is C14H16N2O2. The van der Waals surface area contributed by atoms with Crippen LogP contribution in [0.5, 0.6) is 11.5 Å². The molecule has 18 heavy (non-hydrogen) atoms. The Kier molecular flexibility index (Phi) is 2.59. The van der Waals surface area contributed by atoms with Gasteiger partial charge in [-0.05, 0) is 37.1 Å². The van der Waals surface area contributed by atoms with Gasteiger partial charge in [0.1, 0.15) is 0 Å². The van der Waals surface area contributed by atoms with Crippen LogP contribution in [0.3, 0.4) is 0 Å². The molecule has 0 bridgehead atoms. The minimum absolute atomic E-state index is 0.0842. The highest BCUT2D eigenvalue weighted by Crippen LogP contribution is 2.33. The third kappa shape index (κ3) is 1.69. The molecule has 1 aromatic heterocycles. The highest BCUT2D eigenvalue weighted by atomic mass is 16.3. The van der Waals surface area contributed by atoms with Crippen LogP contribution in [0.4, 0.5) is 0 Å². The average Bonchev–Trinajstić information content (AvgIpc) is 2.58. The Balaban J connectivity index is 2.31. The molecule has 1 aliphatic heterocycles. The van der Waals surface area contributed by atoms with Crippen LogP contribution >= 0.6 is 0 Å². The molecule has 1 aromatic carbocycles. The van der Waals surface area contributed by atoms with Crippen molar-refractivity contribution < 1.29 is 10.2 Å². The van der Waals surface area contributed by atoms with Crippen molar-refractivity contribution in [3.8, 4) is 11.5 Å². The Labute approximate surface area is 105 Å². The fourth-order valence-electron chi connectivity index (χ4n) is 2.63. The smallest absolute Gasteiger partial charge is 0.159 e. The summed E-state index contributed by atoms with van der Waals surface area (Å²) >= 11 is 0. The van der Waals surface area contributed by atoms with E-state index in [9.17, 15) is 10.2 Å². The van der Waals surface area contributed by atoms with Crippen molar-refractivity contribution in [2.75, 3.05) is 13.1 Å². The molecule has 3 rings (SSSR count). The molecule has 1 aliphatic rings. The number of aromatic nitrogens is 1. The van der Waals surface area contributed by atoms with E-state index in [0.717, 1.165) is 48.1 Å². The van der Waals surface area contributed by atoms with Crippen LogP contribution in [0.15, 0.2) is 12.1 Å². The number of aromatic hydroxyl groups is 2. The highest BCUT2D eigenvalue weighted by molar-refractivity contribution is 5.86. The van der Waals surface area contributed by atoms with Gasteiger partial charge in [0, 0.05) is 30.1 Å². The lowest BCUT2D eigenvalue weighted by molar-refractivity contribution is 0.404. The summed E-state index contributed by atoms with van der Waals surface area (Å²) in [6.45, 7) is 3.96. The Morgan fingerprint density at radius 3 is 2.67 bits per heavy atom. The van der Waals surface area contributed by atoms with Crippen LogP contribution in [0.2, 0.25) is 0 Å². The van der Waals surface area contributed by atoms with Gasteiger partial charge in [0.15, 0.2) is 11.5 Å². The Morgan fingerprint density at radius 1 is 1.11 bits per heavy atom. The molecule has 0 unspecified atom stereocenters. The van der Waals surface area contributed by atoms with Crippen LogP contribution < -0.4 is 5.32 Å². The molecule has 4 heteroatoms. The van der Waals surface area contributed by atoms with Gasteiger partial charge in [-0.2, -0.15) is 0 Å². The van der Waals surface area contributed by atoms with Crippen molar-refractivity contribution >= 4 is 10.9 Å². The Hall–Kier alpha value is -1.81. The predicted octanol–water partition coefficient (Wildman–Crippen LogP) is 1.64.